The van der Waals surface area contributed by atoms with Gasteiger partial charge in [-0.05, 0) is 23.6 Å². The number of hydrogen-bond donors (Lipinski definition) is 0. The van der Waals surface area contributed by atoms with Crippen molar-refractivity contribution >= 4 is 0 Å². The molecule has 1 rings (SSSR count). The maximum Gasteiger partial charge on any atom is 0.118 e. The normalized spacial score (nSPS) is 9.00. The summed E-state index contributed by atoms with van der Waals surface area (Å²) in [4.78, 5) is 0. The van der Waals surface area contributed by atoms with Crippen LogP contribution in [0, 0.1) is 18.3 Å². The fourth-order valence-electron chi connectivity index (χ4n) is 0.861. The monoisotopic (exact) mass is 218 g/mol. The Morgan fingerprint density at radius 1 is 1.25 bits per heavy atom. The first-order valence-electron chi connectivity index (χ1n) is 5.70. The number of benzene rings is 1. The first-order chi connectivity index (χ1) is 7.63. The summed E-state index contributed by atoms with van der Waals surface area (Å²) in [6.07, 6.45) is 7.14. The number of rotatable bonds is 3. The van der Waals surface area contributed by atoms with E-state index in [1.54, 1.807) is 7.11 Å². The molecule has 1 nitrogen and oxygen atoms in total. The topological polar surface area (TPSA) is 9.23 Å². The second kappa shape index (κ2) is 8.85. The highest BCUT2D eigenvalue weighted by Gasteiger charge is 1.90. The van der Waals surface area contributed by atoms with Crippen molar-refractivity contribution in [2.45, 2.75) is 33.6 Å². The molecular weight excluding hydrogens is 196 g/mol. The molecular formula is C15H22O. The Balaban J connectivity index is 0.000000385. The van der Waals surface area contributed by atoms with E-state index in [-0.39, 0.29) is 0 Å². The number of hydrogen-bond acceptors (Lipinski definition) is 1. The average molecular weight is 218 g/mol. The third-order valence-corrected chi connectivity index (χ3v) is 2.28. The highest BCUT2D eigenvalue weighted by molar-refractivity contribution is 5.28. The molecule has 0 spiro atoms. The molecule has 0 heterocycles. The van der Waals surface area contributed by atoms with Gasteiger partial charge in [0.05, 0.1) is 7.11 Å². The van der Waals surface area contributed by atoms with E-state index in [0.717, 1.165) is 17.2 Å². The Morgan fingerprint density at radius 3 is 2.06 bits per heavy atom. The van der Waals surface area contributed by atoms with Gasteiger partial charge in [0, 0.05) is 6.42 Å². The molecule has 0 unspecified atom stereocenters. The predicted molar refractivity (Wildman–Crippen MR) is 70.7 cm³/mol. The Hall–Kier alpha value is -1.42. The molecule has 1 aromatic rings. The lowest BCUT2D eigenvalue weighted by Crippen LogP contribution is -1.84. The third kappa shape index (κ3) is 6.95. The van der Waals surface area contributed by atoms with E-state index in [0.29, 0.717) is 6.42 Å². The van der Waals surface area contributed by atoms with Gasteiger partial charge in [-0.3, -0.25) is 0 Å². The van der Waals surface area contributed by atoms with E-state index in [9.17, 15) is 0 Å². The zero-order valence-corrected chi connectivity index (χ0v) is 10.8. The van der Waals surface area contributed by atoms with Crippen molar-refractivity contribution in [3.63, 3.8) is 0 Å². The maximum absolute atomic E-state index is 5.15. The highest BCUT2D eigenvalue weighted by Crippen LogP contribution is 2.10. The molecule has 0 saturated heterocycles. The molecule has 16 heavy (non-hydrogen) atoms. The smallest absolute Gasteiger partial charge is 0.118 e. The summed E-state index contributed by atoms with van der Waals surface area (Å²) in [5, 5.41) is 0. The molecule has 0 radical (unpaired) electrons. The Morgan fingerprint density at radius 2 is 1.75 bits per heavy atom. The molecule has 1 heteroatoms. The molecule has 0 aliphatic carbocycles. The Labute approximate surface area is 99.8 Å². The van der Waals surface area contributed by atoms with Gasteiger partial charge in [0.2, 0.25) is 0 Å². The molecule has 0 bridgehead atoms. The standard InChI is InChI=1S/C10H10O.C5H12/c1-3-4-9-5-7-10(11-2)8-6-9;1-4-5(2)3/h1,5-8H,4H2,2H3;5H,4H2,1-3H3. The van der Waals surface area contributed by atoms with Gasteiger partial charge in [-0.15, -0.1) is 12.3 Å². The van der Waals surface area contributed by atoms with Crippen LogP contribution >= 0.6 is 0 Å². The quantitative estimate of drug-likeness (QED) is 0.699. The average Bonchev–Trinajstić information content (AvgIpc) is 2.31. The largest absolute Gasteiger partial charge is 0.497 e. The third-order valence-electron chi connectivity index (χ3n) is 2.28. The Bertz CT molecular complexity index is 303. The molecule has 0 aliphatic heterocycles. The fraction of sp³-hybridized carbons (Fsp3) is 0.467. The lowest BCUT2D eigenvalue weighted by atomic mass is 10.1. The predicted octanol–water partition coefficient (Wildman–Crippen LogP) is 3.92. The van der Waals surface area contributed by atoms with Crippen LogP contribution in [0.4, 0.5) is 0 Å². The van der Waals surface area contributed by atoms with Gasteiger partial charge in [-0.25, -0.2) is 0 Å². The number of terminal acetylenes is 1. The summed E-state index contributed by atoms with van der Waals surface area (Å²) in [6, 6.07) is 7.76. The second-order valence-electron chi connectivity index (χ2n) is 4.03. The summed E-state index contributed by atoms with van der Waals surface area (Å²) >= 11 is 0. The summed E-state index contributed by atoms with van der Waals surface area (Å²) in [5.74, 6) is 4.33. The van der Waals surface area contributed by atoms with Crippen LogP contribution in [-0.2, 0) is 6.42 Å². The van der Waals surface area contributed by atoms with Crippen molar-refractivity contribution in [2.24, 2.45) is 5.92 Å². The molecule has 0 amide bonds. The van der Waals surface area contributed by atoms with Gasteiger partial charge >= 0.3 is 0 Å². The van der Waals surface area contributed by atoms with Gasteiger partial charge in [0.15, 0.2) is 0 Å². The minimum Gasteiger partial charge on any atom is -0.497 e. The molecule has 88 valence electrons. The minimum atomic E-state index is 0.685. The zero-order chi connectivity index (χ0) is 12.4. The van der Waals surface area contributed by atoms with E-state index in [4.69, 9.17) is 11.2 Å². The molecule has 0 aliphatic rings. The van der Waals surface area contributed by atoms with E-state index in [1.165, 1.54) is 6.42 Å². The second-order valence-corrected chi connectivity index (χ2v) is 4.03. The number of ether oxygens (including phenoxy) is 1. The number of methoxy groups -OCH3 is 1. The molecule has 0 saturated carbocycles. The van der Waals surface area contributed by atoms with Crippen molar-refractivity contribution in [3.8, 4) is 18.1 Å². The van der Waals surface area contributed by atoms with E-state index >= 15 is 0 Å². The van der Waals surface area contributed by atoms with Crippen LogP contribution in [0.5, 0.6) is 5.75 Å². The van der Waals surface area contributed by atoms with E-state index in [2.05, 4.69) is 26.7 Å². The minimum absolute atomic E-state index is 0.685. The first kappa shape index (κ1) is 14.6. The van der Waals surface area contributed by atoms with Gasteiger partial charge in [-0.1, -0.05) is 39.3 Å². The van der Waals surface area contributed by atoms with Crippen molar-refractivity contribution in [1.82, 2.24) is 0 Å². The van der Waals surface area contributed by atoms with Gasteiger partial charge < -0.3 is 4.74 Å². The van der Waals surface area contributed by atoms with Crippen molar-refractivity contribution in [1.29, 1.82) is 0 Å². The molecule has 0 fully saturated rings. The summed E-state index contributed by atoms with van der Waals surface area (Å²) in [5.41, 5.74) is 1.15. The fourth-order valence-corrected chi connectivity index (χ4v) is 0.861. The summed E-state index contributed by atoms with van der Waals surface area (Å²) < 4.78 is 5.00. The van der Waals surface area contributed by atoms with Crippen LogP contribution in [0.1, 0.15) is 32.8 Å². The molecule has 0 atom stereocenters. The molecule has 1 aromatic carbocycles. The van der Waals surface area contributed by atoms with Gasteiger partial charge in [0.25, 0.3) is 0 Å². The summed E-state index contributed by atoms with van der Waals surface area (Å²) in [6.45, 7) is 6.64. The maximum atomic E-state index is 5.15. The summed E-state index contributed by atoms with van der Waals surface area (Å²) in [7, 11) is 1.65. The van der Waals surface area contributed by atoms with Crippen LogP contribution in [0.2, 0.25) is 0 Å². The van der Waals surface area contributed by atoms with Crippen molar-refractivity contribution in [3.05, 3.63) is 29.8 Å². The highest BCUT2D eigenvalue weighted by atomic mass is 16.5. The van der Waals surface area contributed by atoms with Gasteiger partial charge in [0.1, 0.15) is 5.75 Å². The van der Waals surface area contributed by atoms with Crippen LogP contribution in [0.15, 0.2) is 24.3 Å². The van der Waals surface area contributed by atoms with Crippen molar-refractivity contribution in [2.75, 3.05) is 7.11 Å². The lowest BCUT2D eigenvalue weighted by Gasteiger charge is -1.99. The van der Waals surface area contributed by atoms with Crippen LogP contribution in [0.25, 0.3) is 0 Å². The lowest BCUT2D eigenvalue weighted by molar-refractivity contribution is 0.414. The molecule has 0 aromatic heterocycles. The SMILES string of the molecule is C#CCc1ccc(OC)cc1.CCC(C)C. The molecule has 0 N–H and O–H groups in total. The Kier molecular flexibility index (Phi) is 8.07. The van der Waals surface area contributed by atoms with E-state index < -0.39 is 0 Å². The first-order valence-corrected chi connectivity index (χ1v) is 5.70. The van der Waals surface area contributed by atoms with Crippen LogP contribution < -0.4 is 4.74 Å². The van der Waals surface area contributed by atoms with Crippen LogP contribution in [0.3, 0.4) is 0 Å². The van der Waals surface area contributed by atoms with Crippen molar-refractivity contribution < 1.29 is 4.74 Å². The van der Waals surface area contributed by atoms with Gasteiger partial charge in [-0.2, -0.15) is 0 Å². The zero-order valence-electron chi connectivity index (χ0n) is 10.8. The van der Waals surface area contributed by atoms with E-state index in [1.807, 2.05) is 24.3 Å². The van der Waals surface area contributed by atoms with Crippen LogP contribution in [-0.4, -0.2) is 7.11 Å².